The van der Waals surface area contributed by atoms with Crippen molar-refractivity contribution < 1.29 is 9.84 Å². The zero-order valence-corrected chi connectivity index (χ0v) is 12.9. The summed E-state index contributed by atoms with van der Waals surface area (Å²) in [7, 11) is 0. The standard InChI is InChI=1S/C20H24O2/c21-20(15-14-18-9-3-1-4-10-18)13-7-8-16-22-17-19-11-5-2-6-12-19/h1-12,20-21H,13-17H2/b8-7+/t20-/m1/s1. The van der Waals surface area contributed by atoms with E-state index in [2.05, 4.69) is 24.3 Å². The van der Waals surface area contributed by atoms with Crippen molar-refractivity contribution in [3.05, 3.63) is 83.9 Å². The molecule has 0 saturated carbocycles. The zero-order valence-electron chi connectivity index (χ0n) is 12.9. The highest BCUT2D eigenvalue weighted by Crippen LogP contribution is 2.07. The Labute approximate surface area is 133 Å². The van der Waals surface area contributed by atoms with Gasteiger partial charge in [-0.3, -0.25) is 0 Å². The molecule has 0 saturated heterocycles. The Hall–Kier alpha value is -1.90. The Kier molecular flexibility index (Phi) is 7.44. The van der Waals surface area contributed by atoms with Crippen molar-refractivity contribution in [2.75, 3.05) is 6.61 Å². The van der Waals surface area contributed by atoms with Crippen LogP contribution in [0.25, 0.3) is 0 Å². The average Bonchev–Trinajstić information content (AvgIpc) is 2.58. The first kappa shape index (κ1) is 16.5. The third-order valence-corrected chi connectivity index (χ3v) is 3.51. The molecule has 0 aliphatic heterocycles. The smallest absolute Gasteiger partial charge is 0.0721 e. The molecule has 0 radical (unpaired) electrons. The third kappa shape index (κ3) is 6.70. The van der Waals surface area contributed by atoms with Gasteiger partial charge in [0, 0.05) is 0 Å². The maximum atomic E-state index is 9.95. The van der Waals surface area contributed by atoms with Gasteiger partial charge in [-0.1, -0.05) is 72.8 Å². The minimum atomic E-state index is -0.287. The van der Waals surface area contributed by atoms with Crippen molar-refractivity contribution in [1.82, 2.24) is 0 Å². The van der Waals surface area contributed by atoms with Crippen LogP contribution in [-0.4, -0.2) is 17.8 Å². The molecule has 1 N–H and O–H groups in total. The summed E-state index contributed by atoms with van der Waals surface area (Å²) in [5.74, 6) is 0. The van der Waals surface area contributed by atoms with E-state index in [1.165, 1.54) is 11.1 Å². The van der Waals surface area contributed by atoms with Gasteiger partial charge in [-0.15, -0.1) is 0 Å². The average molecular weight is 296 g/mol. The quantitative estimate of drug-likeness (QED) is 0.556. The molecule has 0 bridgehead atoms. The molecule has 0 aliphatic rings. The Morgan fingerprint density at radius 3 is 2.18 bits per heavy atom. The van der Waals surface area contributed by atoms with Crippen LogP contribution in [-0.2, 0) is 17.8 Å². The monoisotopic (exact) mass is 296 g/mol. The highest BCUT2D eigenvalue weighted by molar-refractivity contribution is 5.15. The predicted octanol–water partition coefficient (Wildman–Crippen LogP) is 4.14. The van der Waals surface area contributed by atoms with E-state index in [0.29, 0.717) is 19.6 Å². The summed E-state index contributed by atoms with van der Waals surface area (Å²) in [6.45, 7) is 1.21. The van der Waals surface area contributed by atoms with Crippen LogP contribution in [0.5, 0.6) is 0 Å². The van der Waals surface area contributed by atoms with Gasteiger partial charge in [0.2, 0.25) is 0 Å². The fourth-order valence-corrected chi connectivity index (χ4v) is 2.24. The minimum absolute atomic E-state index is 0.287. The molecule has 0 heterocycles. The summed E-state index contributed by atoms with van der Waals surface area (Å²) in [6, 6.07) is 20.4. The van der Waals surface area contributed by atoms with Crippen LogP contribution < -0.4 is 0 Å². The number of hydrogen-bond donors (Lipinski definition) is 1. The molecule has 0 amide bonds. The van der Waals surface area contributed by atoms with Crippen LogP contribution in [0, 0.1) is 0 Å². The van der Waals surface area contributed by atoms with E-state index in [4.69, 9.17) is 4.74 Å². The molecule has 0 aliphatic carbocycles. The summed E-state index contributed by atoms with van der Waals surface area (Å²) in [5.41, 5.74) is 2.45. The van der Waals surface area contributed by atoms with Crippen LogP contribution in [0.15, 0.2) is 72.8 Å². The summed E-state index contributed by atoms with van der Waals surface area (Å²) < 4.78 is 5.56. The Bertz CT molecular complexity index is 534. The summed E-state index contributed by atoms with van der Waals surface area (Å²) in [6.07, 6.45) is 6.08. The van der Waals surface area contributed by atoms with Gasteiger partial charge < -0.3 is 9.84 Å². The van der Waals surface area contributed by atoms with Crippen LogP contribution in [0.3, 0.4) is 0 Å². The molecule has 22 heavy (non-hydrogen) atoms. The molecule has 0 aromatic heterocycles. The highest BCUT2D eigenvalue weighted by atomic mass is 16.5. The van der Waals surface area contributed by atoms with Gasteiger partial charge in [-0.05, 0) is 30.4 Å². The van der Waals surface area contributed by atoms with E-state index in [9.17, 15) is 5.11 Å². The predicted molar refractivity (Wildman–Crippen MR) is 90.6 cm³/mol. The summed E-state index contributed by atoms with van der Waals surface area (Å²) in [4.78, 5) is 0. The maximum absolute atomic E-state index is 9.95. The van der Waals surface area contributed by atoms with E-state index in [1.807, 2.05) is 48.6 Å². The molecular formula is C20H24O2. The lowest BCUT2D eigenvalue weighted by molar-refractivity contribution is 0.147. The number of aliphatic hydroxyl groups excluding tert-OH is 1. The molecule has 0 spiro atoms. The second kappa shape index (κ2) is 9.93. The van der Waals surface area contributed by atoms with E-state index < -0.39 is 0 Å². The topological polar surface area (TPSA) is 29.5 Å². The number of ether oxygens (including phenoxy) is 1. The van der Waals surface area contributed by atoms with Gasteiger partial charge in [0.05, 0.1) is 19.3 Å². The van der Waals surface area contributed by atoms with Crippen LogP contribution in [0.2, 0.25) is 0 Å². The first-order valence-corrected chi connectivity index (χ1v) is 7.83. The highest BCUT2D eigenvalue weighted by Gasteiger charge is 2.02. The molecule has 116 valence electrons. The molecule has 2 heteroatoms. The van der Waals surface area contributed by atoms with Crippen molar-refractivity contribution in [2.24, 2.45) is 0 Å². The summed E-state index contributed by atoms with van der Waals surface area (Å²) >= 11 is 0. The SMILES string of the molecule is O[C@H](C/C=C/COCc1ccccc1)CCc1ccccc1. The fraction of sp³-hybridized carbons (Fsp3) is 0.300. The van der Waals surface area contributed by atoms with Gasteiger partial charge >= 0.3 is 0 Å². The number of aliphatic hydroxyl groups is 1. The lowest BCUT2D eigenvalue weighted by Crippen LogP contribution is -2.06. The van der Waals surface area contributed by atoms with E-state index in [1.54, 1.807) is 0 Å². The van der Waals surface area contributed by atoms with Crippen LogP contribution >= 0.6 is 0 Å². The normalized spacial score (nSPS) is 12.6. The molecule has 0 fully saturated rings. The van der Waals surface area contributed by atoms with Crippen molar-refractivity contribution in [3.63, 3.8) is 0 Å². The molecule has 0 unspecified atom stereocenters. The van der Waals surface area contributed by atoms with Gasteiger partial charge in [0.25, 0.3) is 0 Å². The van der Waals surface area contributed by atoms with Gasteiger partial charge in [-0.2, -0.15) is 0 Å². The molecule has 2 aromatic carbocycles. The Balaban J connectivity index is 1.55. The lowest BCUT2D eigenvalue weighted by Gasteiger charge is -2.07. The van der Waals surface area contributed by atoms with Crippen molar-refractivity contribution in [2.45, 2.75) is 32.0 Å². The summed E-state index contributed by atoms with van der Waals surface area (Å²) in [5, 5.41) is 9.95. The largest absolute Gasteiger partial charge is 0.393 e. The second-order valence-electron chi connectivity index (χ2n) is 5.39. The van der Waals surface area contributed by atoms with Crippen molar-refractivity contribution in [1.29, 1.82) is 0 Å². The van der Waals surface area contributed by atoms with Gasteiger partial charge in [-0.25, -0.2) is 0 Å². The second-order valence-corrected chi connectivity index (χ2v) is 5.39. The molecule has 2 nitrogen and oxygen atoms in total. The molecule has 2 aromatic rings. The van der Waals surface area contributed by atoms with E-state index in [-0.39, 0.29) is 6.10 Å². The maximum Gasteiger partial charge on any atom is 0.0721 e. The van der Waals surface area contributed by atoms with Crippen LogP contribution in [0.1, 0.15) is 24.0 Å². The number of rotatable bonds is 9. The number of benzene rings is 2. The molecule has 1 atom stereocenters. The van der Waals surface area contributed by atoms with Gasteiger partial charge in [0.1, 0.15) is 0 Å². The number of hydrogen-bond acceptors (Lipinski definition) is 2. The first-order chi connectivity index (χ1) is 10.8. The minimum Gasteiger partial charge on any atom is -0.393 e. The number of aryl methyl sites for hydroxylation is 1. The first-order valence-electron chi connectivity index (χ1n) is 7.83. The van der Waals surface area contributed by atoms with Crippen LogP contribution in [0.4, 0.5) is 0 Å². The van der Waals surface area contributed by atoms with E-state index in [0.717, 1.165) is 12.8 Å². The van der Waals surface area contributed by atoms with Gasteiger partial charge in [0.15, 0.2) is 0 Å². The Morgan fingerprint density at radius 2 is 1.50 bits per heavy atom. The zero-order chi connectivity index (χ0) is 15.5. The molecular weight excluding hydrogens is 272 g/mol. The molecule has 2 rings (SSSR count). The fourth-order valence-electron chi connectivity index (χ4n) is 2.24. The third-order valence-electron chi connectivity index (χ3n) is 3.51. The lowest BCUT2D eigenvalue weighted by atomic mass is 10.1. The van der Waals surface area contributed by atoms with Crippen molar-refractivity contribution >= 4 is 0 Å². The Morgan fingerprint density at radius 1 is 0.864 bits per heavy atom. The van der Waals surface area contributed by atoms with E-state index >= 15 is 0 Å². The van der Waals surface area contributed by atoms with Crippen molar-refractivity contribution in [3.8, 4) is 0 Å².